The van der Waals surface area contributed by atoms with Crippen LogP contribution in [-0.4, -0.2) is 24.3 Å². The summed E-state index contributed by atoms with van der Waals surface area (Å²) in [5.41, 5.74) is 5.30. The maximum Gasteiger partial charge on any atom is 0.337 e. The monoisotopic (exact) mass is 289 g/mol. The second-order valence-electron chi connectivity index (χ2n) is 4.14. The van der Waals surface area contributed by atoms with E-state index in [0.717, 1.165) is 16.4 Å². The van der Waals surface area contributed by atoms with Crippen molar-refractivity contribution in [3.05, 3.63) is 46.0 Å². The van der Waals surface area contributed by atoms with Gasteiger partial charge in [-0.3, -0.25) is 5.43 Å². The molecule has 2 rings (SSSR count). The average molecular weight is 289 g/mol. The van der Waals surface area contributed by atoms with Gasteiger partial charge in [-0.05, 0) is 31.5 Å². The summed E-state index contributed by atoms with van der Waals surface area (Å²) in [7, 11) is 1.36. The van der Waals surface area contributed by atoms with Crippen molar-refractivity contribution in [2.75, 3.05) is 12.5 Å². The van der Waals surface area contributed by atoms with Gasteiger partial charge in [-0.1, -0.05) is 12.1 Å². The second kappa shape index (κ2) is 6.29. The molecule has 0 aliphatic heterocycles. The van der Waals surface area contributed by atoms with Crippen molar-refractivity contribution < 1.29 is 9.53 Å². The molecule has 5 nitrogen and oxygen atoms in total. The number of aryl methyl sites for hydroxylation is 2. The number of benzene rings is 1. The molecule has 0 fully saturated rings. The minimum absolute atomic E-state index is 0.347. The molecule has 0 aliphatic rings. The quantitative estimate of drug-likeness (QED) is 0.534. The Morgan fingerprint density at radius 2 is 2.05 bits per heavy atom. The molecule has 2 aromatic rings. The number of hydrogen-bond donors (Lipinski definition) is 1. The lowest BCUT2D eigenvalue weighted by atomic mass is 10.1. The Hall–Kier alpha value is -2.21. The number of nitrogens with zero attached hydrogens (tertiary/aromatic N) is 2. The first kappa shape index (κ1) is 14.2. The highest BCUT2D eigenvalue weighted by Gasteiger charge is 2.03. The second-order valence-corrected chi connectivity index (χ2v) is 5.35. The number of ether oxygens (including phenoxy) is 1. The molecule has 0 radical (unpaired) electrons. The Kier molecular flexibility index (Phi) is 4.47. The Bertz CT molecular complexity index is 613. The zero-order valence-electron chi connectivity index (χ0n) is 11.5. The van der Waals surface area contributed by atoms with Crippen LogP contribution in [0.15, 0.2) is 29.4 Å². The fourth-order valence-electron chi connectivity index (χ4n) is 1.51. The molecule has 1 aromatic carbocycles. The van der Waals surface area contributed by atoms with Crippen LogP contribution in [-0.2, 0) is 4.74 Å². The lowest BCUT2D eigenvalue weighted by Gasteiger charge is -1.99. The van der Waals surface area contributed by atoms with Crippen LogP contribution in [0.5, 0.6) is 0 Å². The Morgan fingerprint density at radius 1 is 1.35 bits per heavy atom. The number of aromatic nitrogens is 1. The number of anilines is 1. The van der Waals surface area contributed by atoms with Gasteiger partial charge in [0, 0.05) is 4.88 Å². The minimum atomic E-state index is -0.347. The molecule has 20 heavy (non-hydrogen) atoms. The summed E-state index contributed by atoms with van der Waals surface area (Å²) in [6.07, 6.45) is 1.67. The van der Waals surface area contributed by atoms with Crippen LogP contribution < -0.4 is 5.43 Å². The predicted octanol–water partition coefficient (Wildman–Crippen LogP) is 2.99. The molecule has 0 aliphatic carbocycles. The molecule has 0 saturated carbocycles. The fourth-order valence-corrected chi connectivity index (χ4v) is 2.27. The smallest absolute Gasteiger partial charge is 0.337 e. The number of thiazole rings is 1. The third-order valence-corrected chi connectivity index (χ3v) is 3.71. The molecule has 0 unspecified atom stereocenters. The van der Waals surface area contributed by atoms with Gasteiger partial charge >= 0.3 is 5.97 Å². The third kappa shape index (κ3) is 3.42. The van der Waals surface area contributed by atoms with Gasteiger partial charge in [0.25, 0.3) is 0 Å². The van der Waals surface area contributed by atoms with Gasteiger partial charge in [0.2, 0.25) is 5.13 Å². The van der Waals surface area contributed by atoms with E-state index in [9.17, 15) is 4.79 Å². The molecule has 104 valence electrons. The molecule has 0 bridgehead atoms. The largest absolute Gasteiger partial charge is 0.465 e. The summed E-state index contributed by atoms with van der Waals surface area (Å²) in [4.78, 5) is 16.8. The van der Waals surface area contributed by atoms with Crippen molar-refractivity contribution in [1.29, 1.82) is 0 Å². The summed E-state index contributed by atoms with van der Waals surface area (Å²) in [6.45, 7) is 3.99. The van der Waals surface area contributed by atoms with Crippen LogP contribution in [0, 0.1) is 13.8 Å². The topological polar surface area (TPSA) is 63.6 Å². The van der Waals surface area contributed by atoms with Crippen molar-refractivity contribution in [2.45, 2.75) is 13.8 Å². The summed E-state index contributed by atoms with van der Waals surface area (Å²) < 4.78 is 4.64. The molecular formula is C14H15N3O2S. The number of rotatable bonds is 4. The lowest BCUT2D eigenvalue weighted by molar-refractivity contribution is 0.0601. The van der Waals surface area contributed by atoms with Gasteiger partial charge in [-0.15, -0.1) is 11.3 Å². The zero-order chi connectivity index (χ0) is 14.5. The van der Waals surface area contributed by atoms with Crippen molar-refractivity contribution >= 4 is 28.7 Å². The van der Waals surface area contributed by atoms with Gasteiger partial charge in [0.05, 0.1) is 24.6 Å². The number of carbonyl (C=O) groups excluding carboxylic acids is 1. The number of nitrogens with one attached hydrogen (secondary N) is 1. The van der Waals surface area contributed by atoms with Gasteiger partial charge < -0.3 is 4.74 Å². The average Bonchev–Trinajstić information content (AvgIpc) is 2.77. The van der Waals surface area contributed by atoms with Crippen molar-refractivity contribution in [3.8, 4) is 0 Å². The molecule has 0 saturated heterocycles. The van der Waals surface area contributed by atoms with Crippen LogP contribution in [0.2, 0.25) is 0 Å². The van der Waals surface area contributed by atoms with Crippen molar-refractivity contribution in [3.63, 3.8) is 0 Å². The highest BCUT2D eigenvalue weighted by atomic mass is 32.1. The van der Waals surface area contributed by atoms with E-state index in [4.69, 9.17) is 0 Å². The van der Waals surface area contributed by atoms with Crippen molar-refractivity contribution in [2.24, 2.45) is 5.10 Å². The normalized spacial score (nSPS) is 10.8. The first-order chi connectivity index (χ1) is 9.60. The number of hydrogen-bond acceptors (Lipinski definition) is 6. The Labute approximate surface area is 121 Å². The SMILES string of the molecule is COC(=O)c1ccc(C=NNc2nc(C)c(C)s2)cc1. The van der Waals surface area contributed by atoms with E-state index in [1.165, 1.54) is 12.0 Å². The first-order valence-electron chi connectivity index (χ1n) is 6.01. The molecule has 0 atom stereocenters. The molecule has 6 heteroatoms. The van der Waals surface area contributed by atoms with E-state index < -0.39 is 0 Å². The molecule has 0 amide bonds. The standard InChI is InChI=1S/C14H15N3O2S/c1-9-10(2)20-14(16-9)17-15-8-11-4-6-12(7-5-11)13(18)19-3/h4-8H,1-3H3,(H,16,17). The van der Waals surface area contributed by atoms with E-state index in [0.29, 0.717) is 5.56 Å². The molecule has 1 aromatic heterocycles. The van der Waals surface area contributed by atoms with Crippen molar-refractivity contribution in [1.82, 2.24) is 4.98 Å². The lowest BCUT2D eigenvalue weighted by Crippen LogP contribution is -2.00. The Morgan fingerprint density at radius 3 is 2.60 bits per heavy atom. The number of hydrazone groups is 1. The molecule has 0 spiro atoms. The van der Waals surface area contributed by atoms with Gasteiger partial charge in [-0.25, -0.2) is 9.78 Å². The summed E-state index contributed by atoms with van der Waals surface area (Å²) in [6, 6.07) is 7.00. The predicted molar refractivity (Wildman–Crippen MR) is 80.6 cm³/mol. The minimum Gasteiger partial charge on any atom is -0.465 e. The molecule has 1 heterocycles. The molecular weight excluding hydrogens is 274 g/mol. The summed E-state index contributed by atoms with van der Waals surface area (Å²) >= 11 is 1.56. The molecule has 1 N–H and O–H groups in total. The summed E-state index contributed by atoms with van der Waals surface area (Å²) in [5.74, 6) is -0.347. The van der Waals surface area contributed by atoms with E-state index in [2.05, 4.69) is 20.2 Å². The maximum atomic E-state index is 11.3. The number of methoxy groups -OCH3 is 1. The zero-order valence-corrected chi connectivity index (χ0v) is 12.3. The number of carbonyl (C=O) groups is 1. The highest BCUT2D eigenvalue weighted by molar-refractivity contribution is 7.15. The van der Waals surface area contributed by atoms with Gasteiger partial charge in [-0.2, -0.15) is 5.10 Å². The van der Waals surface area contributed by atoms with Crippen LogP contribution in [0.3, 0.4) is 0 Å². The van der Waals surface area contributed by atoms with E-state index >= 15 is 0 Å². The Balaban J connectivity index is 1.99. The van der Waals surface area contributed by atoms with Crippen LogP contribution >= 0.6 is 11.3 Å². The third-order valence-electron chi connectivity index (χ3n) is 2.73. The summed E-state index contributed by atoms with van der Waals surface area (Å²) in [5, 5.41) is 4.88. The van der Waals surface area contributed by atoms with Crippen LogP contribution in [0.1, 0.15) is 26.5 Å². The van der Waals surface area contributed by atoms with E-state index in [1.807, 2.05) is 13.8 Å². The van der Waals surface area contributed by atoms with Crippen LogP contribution in [0.4, 0.5) is 5.13 Å². The number of esters is 1. The van der Waals surface area contributed by atoms with E-state index in [-0.39, 0.29) is 5.97 Å². The fraction of sp³-hybridized carbons (Fsp3) is 0.214. The van der Waals surface area contributed by atoms with E-state index in [1.54, 1.807) is 41.8 Å². The van der Waals surface area contributed by atoms with Gasteiger partial charge in [0.1, 0.15) is 0 Å². The highest BCUT2D eigenvalue weighted by Crippen LogP contribution is 2.20. The van der Waals surface area contributed by atoms with Gasteiger partial charge in [0.15, 0.2) is 0 Å². The van der Waals surface area contributed by atoms with Crippen LogP contribution in [0.25, 0.3) is 0 Å². The maximum absolute atomic E-state index is 11.3. The first-order valence-corrected chi connectivity index (χ1v) is 6.83.